The average Bonchev–Trinajstić information content (AvgIpc) is 3.38. The second kappa shape index (κ2) is 6.38. The number of fused-ring (bicyclic) bond motifs is 4. The van der Waals surface area contributed by atoms with Crippen molar-refractivity contribution < 1.29 is 9.47 Å². The molecule has 1 aliphatic heterocycles. The van der Waals surface area contributed by atoms with E-state index in [9.17, 15) is 0 Å². The van der Waals surface area contributed by atoms with Crippen molar-refractivity contribution in [1.29, 1.82) is 0 Å². The molecule has 3 aromatic carbocycles. The Morgan fingerprint density at radius 1 is 0.828 bits per heavy atom. The maximum atomic E-state index is 5.57. The number of nitrogens with one attached hydrogen (secondary N) is 1. The molecule has 0 spiro atoms. The number of para-hydroxylation sites is 1. The van der Waals surface area contributed by atoms with E-state index in [-0.39, 0.29) is 0 Å². The van der Waals surface area contributed by atoms with Crippen molar-refractivity contribution in [3.63, 3.8) is 0 Å². The largest absolute Gasteiger partial charge is 0.454 e. The molecule has 1 aliphatic rings. The van der Waals surface area contributed by atoms with Gasteiger partial charge in [0.05, 0.1) is 5.69 Å². The Morgan fingerprint density at radius 3 is 2.59 bits per heavy atom. The summed E-state index contributed by atoms with van der Waals surface area (Å²) in [4.78, 5) is 8.44. The van der Waals surface area contributed by atoms with E-state index in [1.807, 2.05) is 30.3 Å². The van der Waals surface area contributed by atoms with Gasteiger partial charge in [0, 0.05) is 21.9 Å². The molecule has 2 aromatic heterocycles. The van der Waals surface area contributed by atoms with Gasteiger partial charge >= 0.3 is 0 Å². The number of H-pyrrole nitrogens is 1. The Kier molecular flexibility index (Phi) is 3.56. The molecule has 4 heteroatoms. The lowest BCUT2D eigenvalue weighted by molar-refractivity contribution is 0.174. The van der Waals surface area contributed by atoms with Crippen molar-refractivity contribution in [2.24, 2.45) is 0 Å². The summed E-state index contributed by atoms with van der Waals surface area (Å²) in [6.45, 7) is 0.291. The van der Waals surface area contributed by atoms with Crippen LogP contribution in [0.25, 0.3) is 33.2 Å². The lowest BCUT2D eigenvalue weighted by atomic mass is 9.98. The van der Waals surface area contributed by atoms with Crippen LogP contribution < -0.4 is 9.47 Å². The molecule has 0 saturated heterocycles. The number of hydrogen-bond donors (Lipinski definition) is 1. The first-order chi connectivity index (χ1) is 14.3. The van der Waals surface area contributed by atoms with Crippen LogP contribution in [0.2, 0.25) is 0 Å². The topological polar surface area (TPSA) is 47.1 Å². The molecule has 3 heterocycles. The molecule has 140 valence electrons. The van der Waals surface area contributed by atoms with Gasteiger partial charge in [-0.15, -0.1) is 0 Å². The maximum absolute atomic E-state index is 5.57. The van der Waals surface area contributed by atoms with Crippen LogP contribution in [-0.2, 0) is 6.42 Å². The third-order valence-electron chi connectivity index (χ3n) is 5.45. The zero-order valence-corrected chi connectivity index (χ0v) is 15.7. The van der Waals surface area contributed by atoms with E-state index in [2.05, 4.69) is 53.5 Å². The fourth-order valence-corrected chi connectivity index (χ4v) is 4.09. The van der Waals surface area contributed by atoms with Gasteiger partial charge in [-0.25, -0.2) is 4.98 Å². The van der Waals surface area contributed by atoms with Gasteiger partial charge in [0.2, 0.25) is 6.79 Å². The first-order valence-electron chi connectivity index (χ1n) is 9.69. The van der Waals surface area contributed by atoms with Crippen molar-refractivity contribution in [3.8, 4) is 22.8 Å². The Hall–Kier alpha value is -3.79. The highest BCUT2D eigenvalue weighted by molar-refractivity contribution is 6.08. The summed E-state index contributed by atoms with van der Waals surface area (Å²) in [7, 11) is 0. The van der Waals surface area contributed by atoms with Crippen LogP contribution in [0.1, 0.15) is 11.1 Å². The molecule has 0 atom stereocenters. The number of aromatic nitrogens is 2. The molecule has 29 heavy (non-hydrogen) atoms. The smallest absolute Gasteiger partial charge is 0.231 e. The molecule has 5 aromatic rings. The Morgan fingerprint density at radius 2 is 1.66 bits per heavy atom. The number of pyridine rings is 1. The van der Waals surface area contributed by atoms with Gasteiger partial charge in [-0.1, -0.05) is 54.6 Å². The summed E-state index contributed by atoms with van der Waals surface area (Å²) >= 11 is 0. The number of nitrogens with zero attached hydrogens (tertiary/aromatic N) is 1. The van der Waals surface area contributed by atoms with Crippen molar-refractivity contribution >= 4 is 21.9 Å². The number of ether oxygens (including phenoxy) is 2. The number of hydrogen-bond acceptors (Lipinski definition) is 3. The van der Waals surface area contributed by atoms with Crippen LogP contribution in [0.5, 0.6) is 11.5 Å². The molecular weight excluding hydrogens is 360 g/mol. The number of rotatable bonds is 3. The van der Waals surface area contributed by atoms with E-state index >= 15 is 0 Å². The van der Waals surface area contributed by atoms with Crippen molar-refractivity contribution in [2.45, 2.75) is 6.42 Å². The van der Waals surface area contributed by atoms with Crippen LogP contribution >= 0.6 is 0 Å². The SMILES string of the molecule is c1ccc(-c2cc(Cc3ccc4c(c3)OCO4)c3c(n2)[nH]c2ccccc23)cc1. The minimum atomic E-state index is 0.291. The second-order valence-electron chi connectivity index (χ2n) is 7.29. The highest BCUT2D eigenvalue weighted by Gasteiger charge is 2.16. The highest BCUT2D eigenvalue weighted by Crippen LogP contribution is 2.35. The number of aromatic amines is 1. The van der Waals surface area contributed by atoms with Crippen molar-refractivity contribution in [1.82, 2.24) is 9.97 Å². The first kappa shape index (κ1) is 16.2. The summed E-state index contributed by atoms with van der Waals surface area (Å²) in [6, 6.07) is 27.1. The van der Waals surface area contributed by atoms with Gasteiger partial charge in [0.1, 0.15) is 5.65 Å². The molecule has 0 bridgehead atoms. The summed E-state index contributed by atoms with van der Waals surface area (Å²) in [5, 5.41) is 2.38. The Bertz CT molecular complexity index is 1360. The molecule has 0 saturated carbocycles. The van der Waals surface area contributed by atoms with Crippen molar-refractivity contribution in [3.05, 3.63) is 90.0 Å². The predicted molar refractivity (Wildman–Crippen MR) is 114 cm³/mol. The van der Waals surface area contributed by atoms with Crippen LogP contribution in [0.4, 0.5) is 0 Å². The van der Waals surface area contributed by atoms with Crippen molar-refractivity contribution in [2.75, 3.05) is 6.79 Å². The molecule has 4 nitrogen and oxygen atoms in total. The molecule has 0 aliphatic carbocycles. The summed E-state index contributed by atoms with van der Waals surface area (Å²) in [5.74, 6) is 1.63. The Balaban J connectivity index is 1.56. The third kappa shape index (κ3) is 2.72. The molecule has 6 rings (SSSR count). The Labute approximate surface area is 167 Å². The minimum absolute atomic E-state index is 0.291. The summed E-state index contributed by atoms with van der Waals surface area (Å²) in [6.07, 6.45) is 0.789. The standard InChI is InChI=1S/C25H18N2O2/c1-2-6-17(7-3-1)21-14-18(12-16-10-11-22-23(13-16)29-15-28-22)24-19-8-4-5-9-20(19)26-25(24)27-21/h1-11,13-14H,12,15H2,(H,26,27). The van der Waals surface area contributed by atoms with Gasteiger partial charge in [0.15, 0.2) is 11.5 Å². The summed E-state index contributed by atoms with van der Waals surface area (Å²) in [5.41, 5.74) is 6.53. The van der Waals surface area contributed by atoms with Gasteiger partial charge in [-0.3, -0.25) is 0 Å². The normalized spacial score (nSPS) is 12.7. The molecule has 0 unspecified atom stereocenters. The lowest BCUT2D eigenvalue weighted by Crippen LogP contribution is -1.94. The highest BCUT2D eigenvalue weighted by atomic mass is 16.7. The van der Waals surface area contributed by atoms with Gasteiger partial charge < -0.3 is 14.5 Å². The zero-order valence-electron chi connectivity index (χ0n) is 15.7. The monoisotopic (exact) mass is 378 g/mol. The van der Waals surface area contributed by atoms with Crippen LogP contribution in [0, 0.1) is 0 Å². The van der Waals surface area contributed by atoms with Crippen LogP contribution in [0.3, 0.4) is 0 Å². The average molecular weight is 378 g/mol. The zero-order chi connectivity index (χ0) is 19.2. The van der Waals surface area contributed by atoms with E-state index in [0.29, 0.717) is 6.79 Å². The molecule has 1 N–H and O–H groups in total. The van der Waals surface area contributed by atoms with E-state index in [0.717, 1.165) is 40.3 Å². The quantitative estimate of drug-likeness (QED) is 0.438. The third-order valence-corrected chi connectivity index (χ3v) is 5.45. The van der Waals surface area contributed by atoms with E-state index in [1.165, 1.54) is 21.9 Å². The fraction of sp³-hybridized carbons (Fsp3) is 0.0800. The molecule has 0 fully saturated rings. The lowest BCUT2D eigenvalue weighted by Gasteiger charge is -2.09. The number of benzene rings is 3. The first-order valence-corrected chi connectivity index (χ1v) is 9.69. The van der Waals surface area contributed by atoms with Crippen LogP contribution in [0.15, 0.2) is 78.9 Å². The summed E-state index contributed by atoms with van der Waals surface area (Å²) < 4.78 is 11.0. The molecule has 0 amide bonds. The molecular formula is C25H18N2O2. The van der Waals surface area contributed by atoms with Crippen LogP contribution in [-0.4, -0.2) is 16.8 Å². The van der Waals surface area contributed by atoms with Gasteiger partial charge in [-0.05, 0) is 41.8 Å². The second-order valence-corrected chi connectivity index (χ2v) is 7.29. The van der Waals surface area contributed by atoms with Gasteiger partial charge in [0.25, 0.3) is 0 Å². The van der Waals surface area contributed by atoms with Gasteiger partial charge in [-0.2, -0.15) is 0 Å². The predicted octanol–water partition coefficient (Wildman–Crippen LogP) is 5.70. The van der Waals surface area contributed by atoms with E-state index < -0.39 is 0 Å². The fourth-order valence-electron chi connectivity index (χ4n) is 4.09. The van der Waals surface area contributed by atoms with E-state index in [4.69, 9.17) is 14.5 Å². The minimum Gasteiger partial charge on any atom is -0.454 e. The maximum Gasteiger partial charge on any atom is 0.231 e. The molecule has 0 radical (unpaired) electrons. The van der Waals surface area contributed by atoms with E-state index in [1.54, 1.807) is 0 Å².